The first-order valence-corrected chi connectivity index (χ1v) is 12.5. The quantitative estimate of drug-likeness (QED) is 0.468. The van der Waals surface area contributed by atoms with Gasteiger partial charge in [0.2, 0.25) is 11.8 Å². The van der Waals surface area contributed by atoms with E-state index in [9.17, 15) is 14.4 Å². The summed E-state index contributed by atoms with van der Waals surface area (Å²) in [5, 5.41) is 2.89. The van der Waals surface area contributed by atoms with E-state index in [1.165, 1.54) is 23.5 Å². The second-order valence-corrected chi connectivity index (χ2v) is 9.20. The molecule has 3 heterocycles. The number of fused-ring (bicyclic) bond motifs is 3. The smallest absolute Gasteiger partial charge is 0.274 e. The van der Waals surface area contributed by atoms with Crippen molar-refractivity contribution in [3.8, 4) is 5.75 Å². The molecule has 0 aliphatic carbocycles. The molecule has 0 radical (unpaired) electrons. The van der Waals surface area contributed by atoms with Gasteiger partial charge in [0.05, 0.1) is 19.3 Å². The maximum absolute atomic E-state index is 13.4. The van der Waals surface area contributed by atoms with E-state index in [4.69, 9.17) is 9.47 Å². The van der Waals surface area contributed by atoms with Gasteiger partial charge < -0.3 is 24.6 Å². The molecule has 196 valence electrons. The molecule has 10 nitrogen and oxygen atoms in total. The number of piperidine rings is 1. The average molecular weight is 508 g/mol. The summed E-state index contributed by atoms with van der Waals surface area (Å²) in [4.78, 5) is 50.7. The van der Waals surface area contributed by atoms with Gasteiger partial charge in [0, 0.05) is 51.1 Å². The average Bonchev–Trinajstić information content (AvgIpc) is 2.92. The molecular weight excluding hydrogens is 474 g/mol. The summed E-state index contributed by atoms with van der Waals surface area (Å²) in [6.07, 6.45) is 9.43. The summed E-state index contributed by atoms with van der Waals surface area (Å²) >= 11 is 0. The molecule has 1 N–H and O–H groups in total. The van der Waals surface area contributed by atoms with E-state index in [0.717, 1.165) is 5.56 Å². The lowest BCUT2D eigenvalue weighted by Crippen LogP contribution is -2.48. The summed E-state index contributed by atoms with van der Waals surface area (Å²) in [5.74, 6) is 0.198. The van der Waals surface area contributed by atoms with Crippen LogP contribution in [0.25, 0.3) is 0 Å². The van der Waals surface area contributed by atoms with Crippen LogP contribution in [0, 0.1) is 11.8 Å². The van der Waals surface area contributed by atoms with Gasteiger partial charge >= 0.3 is 0 Å². The third-order valence-electron chi connectivity index (χ3n) is 6.68. The van der Waals surface area contributed by atoms with Gasteiger partial charge in [-0.2, -0.15) is 0 Å². The van der Waals surface area contributed by atoms with Gasteiger partial charge in [0.25, 0.3) is 5.91 Å². The molecule has 4 rings (SSSR count). The minimum Gasteiger partial charge on any atom is -0.489 e. The fraction of sp³-hybridized carbons (Fsp3) is 0.444. The highest BCUT2D eigenvalue weighted by Crippen LogP contribution is 2.29. The van der Waals surface area contributed by atoms with E-state index in [0.29, 0.717) is 51.4 Å². The Morgan fingerprint density at radius 1 is 1.22 bits per heavy atom. The number of nitrogens with zero attached hydrogens (tertiary/aromatic N) is 4. The summed E-state index contributed by atoms with van der Waals surface area (Å²) in [6.45, 7) is 2.38. The molecule has 2 aromatic rings. The highest BCUT2D eigenvalue weighted by molar-refractivity contribution is 5.94. The van der Waals surface area contributed by atoms with Gasteiger partial charge in [-0.05, 0) is 24.3 Å². The van der Waals surface area contributed by atoms with E-state index in [1.807, 2.05) is 30.3 Å². The number of methoxy groups -OCH3 is 1. The molecule has 2 aliphatic heterocycles. The van der Waals surface area contributed by atoms with Gasteiger partial charge in [0.1, 0.15) is 24.6 Å². The van der Waals surface area contributed by atoms with E-state index >= 15 is 0 Å². The van der Waals surface area contributed by atoms with Crippen LogP contribution in [-0.2, 0) is 20.9 Å². The lowest BCUT2D eigenvalue weighted by molar-refractivity contribution is -0.134. The first-order valence-electron chi connectivity index (χ1n) is 12.5. The predicted molar refractivity (Wildman–Crippen MR) is 136 cm³/mol. The third kappa shape index (κ3) is 7.13. The number of hydrogen-bond donors (Lipinski definition) is 1. The molecule has 0 spiro atoms. The number of ether oxygens (including phenoxy) is 2. The van der Waals surface area contributed by atoms with Crippen LogP contribution in [0.3, 0.4) is 0 Å². The molecule has 1 fully saturated rings. The van der Waals surface area contributed by atoms with Crippen LogP contribution in [-0.4, -0.2) is 84.0 Å². The Hall–Kier alpha value is -3.79. The van der Waals surface area contributed by atoms with Crippen molar-refractivity contribution in [3.63, 3.8) is 0 Å². The predicted octanol–water partition coefficient (Wildman–Crippen LogP) is 1.68. The normalized spacial score (nSPS) is 20.9. The summed E-state index contributed by atoms with van der Waals surface area (Å²) in [7, 11) is 1.60. The summed E-state index contributed by atoms with van der Waals surface area (Å²) in [5.41, 5.74) is 0.972. The highest BCUT2D eigenvalue weighted by atomic mass is 16.5. The number of aromatic nitrogens is 2. The lowest BCUT2D eigenvalue weighted by atomic mass is 9.82. The van der Waals surface area contributed by atoms with E-state index < -0.39 is 0 Å². The number of benzene rings is 1. The van der Waals surface area contributed by atoms with Crippen molar-refractivity contribution in [2.24, 2.45) is 11.8 Å². The number of amides is 3. The molecule has 1 aromatic carbocycles. The number of hydrogen-bond acceptors (Lipinski definition) is 7. The van der Waals surface area contributed by atoms with E-state index in [1.54, 1.807) is 12.0 Å². The van der Waals surface area contributed by atoms with Gasteiger partial charge in [-0.25, -0.2) is 4.98 Å². The van der Waals surface area contributed by atoms with Gasteiger partial charge in [-0.1, -0.05) is 30.4 Å². The molecule has 1 aromatic heterocycles. The van der Waals surface area contributed by atoms with Crippen molar-refractivity contribution < 1.29 is 23.9 Å². The van der Waals surface area contributed by atoms with Crippen molar-refractivity contribution in [2.75, 3.05) is 46.5 Å². The standard InChI is InChI=1S/C27H33N5O5/c1-36-14-11-30-25(33)15-20-8-12-31-17-21(20)6-4-13-37-24-7-3-2-5-22(24)18-32(19-26(31)34)27(35)23-16-28-9-10-29-23/h2-7,9-10,16,20-21H,8,11-15,17-19H2,1H3,(H,30,33)/b6-4+/t20-,21-/m0/s1. The molecule has 1 saturated heterocycles. The Balaban J connectivity index is 1.56. The number of carbonyl (C=O) groups is 3. The van der Waals surface area contributed by atoms with Gasteiger partial charge in [-0.15, -0.1) is 0 Å². The van der Waals surface area contributed by atoms with Crippen LogP contribution in [0.2, 0.25) is 0 Å². The monoisotopic (exact) mass is 507 g/mol. The maximum atomic E-state index is 13.4. The van der Waals surface area contributed by atoms with Crippen molar-refractivity contribution in [1.82, 2.24) is 25.1 Å². The van der Waals surface area contributed by atoms with Crippen LogP contribution in [0.4, 0.5) is 0 Å². The first-order chi connectivity index (χ1) is 18.0. The topological polar surface area (TPSA) is 114 Å². The molecule has 0 saturated carbocycles. The van der Waals surface area contributed by atoms with Crippen LogP contribution in [0.1, 0.15) is 28.9 Å². The second-order valence-electron chi connectivity index (χ2n) is 9.20. The van der Waals surface area contributed by atoms with E-state index in [2.05, 4.69) is 21.4 Å². The molecule has 10 heteroatoms. The van der Waals surface area contributed by atoms with Crippen molar-refractivity contribution in [1.29, 1.82) is 0 Å². The van der Waals surface area contributed by atoms with Crippen LogP contribution in [0.5, 0.6) is 5.75 Å². The van der Waals surface area contributed by atoms with Gasteiger partial charge in [-0.3, -0.25) is 19.4 Å². The molecule has 37 heavy (non-hydrogen) atoms. The number of carbonyl (C=O) groups excluding carboxylic acids is 3. The largest absolute Gasteiger partial charge is 0.489 e. The van der Waals surface area contributed by atoms with E-state index in [-0.39, 0.29) is 48.3 Å². The minimum atomic E-state index is -0.372. The summed E-state index contributed by atoms with van der Waals surface area (Å²) in [6, 6.07) is 7.49. The van der Waals surface area contributed by atoms with Crippen molar-refractivity contribution in [3.05, 3.63) is 66.3 Å². The SMILES string of the molecule is COCCNC(=O)C[C@@H]1CCN2C[C@@H]1/C=C/COc1ccccc1CN(C(=O)c1cnccn1)CC2=O. The molecular formula is C27H33N5O5. The second kappa shape index (κ2) is 13.0. The number of para-hydroxylation sites is 1. The van der Waals surface area contributed by atoms with Gasteiger partial charge in [0.15, 0.2) is 0 Å². The lowest BCUT2D eigenvalue weighted by Gasteiger charge is -2.38. The summed E-state index contributed by atoms with van der Waals surface area (Å²) < 4.78 is 11.0. The number of rotatable bonds is 6. The Morgan fingerprint density at radius 2 is 2.08 bits per heavy atom. The number of nitrogens with one attached hydrogen (secondary N) is 1. The molecule has 2 atom stereocenters. The molecule has 0 unspecified atom stereocenters. The maximum Gasteiger partial charge on any atom is 0.274 e. The van der Waals surface area contributed by atoms with Crippen LogP contribution < -0.4 is 10.1 Å². The molecule has 3 amide bonds. The zero-order valence-corrected chi connectivity index (χ0v) is 21.0. The van der Waals surface area contributed by atoms with Crippen LogP contribution in [0.15, 0.2) is 55.0 Å². The zero-order valence-electron chi connectivity index (χ0n) is 21.0. The Bertz CT molecular complexity index is 1110. The Morgan fingerprint density at radius 3 is 2.89 bits per heavy atom. The molecule has 2 aliphatic rings. The van der Waals surface area contributed by atoms with Crippen LogP contribution >= 0.6 is 0 Å². The Labute approximate surface area is 216 Å². The highest BCUT2D eigenvalue weighted by Gasteiger charge is 2.33. The minimum absolute atomic E-state index is 0.00499. The molecule has 2 bridgehead atoms. The zero-order chi connectivity index (χ0) is 26.0. The fourth-order valence-electron chi connectivity index (χ4n) is 4.71. The first kappa shape index (κ1) is 26.3. The van der Waals surface area contributed by atoms with Crippen molar-refractivity contribution >= 4 is 17.7 Å². The van der Waals surface area contributed by atoms with Crippen molar-refractivity contribution in [2.45, 2.75) is 19.4 Å². The Kier molecular flexibility index (Phi) is 9.20. The third-order valence-corrected chi connectivity index (χ3v) is 6.68. The fourth-order valence-corrected chi connectivity index (χ4v) is 4.71.